The molecule has 1 amide bonds. The van der Waals surface area contributed by atoms with Gasteiger partial charge >= 0.3 is 0 Å². The first-order valence-corrected chi connectivity index (χ1v) is 9.38. The van der Waals surface area contributed by atoms with E-state index in [2.05, 4.69) is 47.2 Å². The fraction of sp³-hybridized carbons (Fsp3) is 0.364. The molecular weight excluding hydrogens is 338 g/mol. The Kier molecular flexibility index (Phi) is 5.91. The third-order valence-electron chi connectivity index (χ3n) is 5.23. The summed E-state index contributed by atoms with van der Waals surface area (Å²) in [5, 5.41) is 2.91. The molecule has 27 heavy (non-hydrogen) atoms. The molecule has 3 rings (SSSR count). The van der Waals surface area contributed by atoms with Crippen LogP contribution in [0.4, 0.5) is 11.4 Å². The standard InChI is InChI=1S/C22H27N3O2/c1-16-5-4-6-21(17(16)2)25-13-11-24(12-14-25)15-22(27)23-20-9-7-19(8-10-20)18(3)26/h4-10H,11-15H2,1-3H3,(H,23,27). The van der Waals surface area contributed by atoms with Gasteiger partial charge in [0.25, 0.3) is 0 Å². The molecule has 1 heterocycles. The molecule has 0 bridgehead atoms. The Bertz CT molecular complexity index is 822. The van der Waals surface area contributed by atoms with Crippen LogP contribution < -0.4 is 10.2 Å². The molecule has 2 aromatic rings. The molecular formula is C22H27N3O2. The minimum Gasteiger partial charge on any atom is -0.369 e. The minimum atomic E-state index is -0.0224. The Labute approximate surface area is 161 Å². The number of ketones is 1. The van der Waals surface area contributed by atoms with Gasteiger partial charge in [0.05, 0.1) is 6.54 Å². The SMILES string of the molecule is CC(=O)c1ccc(NC(=O)CN2CCN(c3cccc(C)c3C)CC2)cc1. The zero-order valence-corrected chi connectivity index (χ0v) is 16.3. The van der Waals surface area contributed by atoms with E-state index in [0.29, 0.717) is 12.1 Å². The molecule has 1 N–H and O–H groups in total. The van der Waals surface area contributed by atoms with Crippen LogP contribution in [0.3, 0.4) is 0 Å². The summed E-state index contributed by atoms with van der Waals surface area (Å²) in [5.41, 5.74) is 5.31. The average molecular weight is 365 g/mol. The van der Waals surface area contributed by atoms with E-state index in [-0.39, 0.29) is 11.7 Å². The first-order chi connectivity index (χ1) is 12.9. The van der Waals surface area contributed by atoms with Crippen LogP contribution in [0.2, 0.25) is 0 Å². The van der Waals surface area contributed by atoms with Crippen molar-refractivity contribution in [2.75, 3.05) is 42.9 Å². The van der Waals surface area contributed by atoms with Gasteiger partial charge in [-0.2, -0.15) is 0 Å². The Hall–Kier alpha value is -2.66. The Balaban J connectivity index is 1.50. The molecule has 0 atom stereocenters. The molecule has 0 saturated carbocycles. The highest BCUT2D eigenvalue weighted by Gasteiger charge is 2.20. The second-order valence-electron chi connectivity index (χ2n) is 7.16. The molecule has 0 radical (unpaired) electrons. The van der Waals surface area contributed by atoms with E-state index in [1.807, 2.05) is 0 Å². The normalized spacial score (nSPS) is 14.9. The minimum absolute atomic E-state index is 0.0224. The molecule has 0 aliphatic carbocycles. The molecule has 2 aromatic carbocycles. The molecule has 1 saturated heterocycles. The first kappa shape index (κ1) is 19.1. The monoisotopic (exact) mass is 365 g/mol. The Morgan fingerprint density at radius 3 is 2.26 bits per heavy atom. The van der Waals surface area contributed by atoms with E-state index in [1.54, 1.807) is 24.3 Å². The summed E-state index contributed by atoms with van der Waals surface area (Å²) < 4.78 is 0. The number of nitrogens with one attached hydrogen (secondary N) is 1. The Morgan fingerprint density at radius 2 is 1.63 bits per heavy atom. The van der Waals surface area contributed by atoms with Crippen LogP contribution in [0.1, 0.15) is 28.4 Å². The highest BCUT2D eigenvalue weighted by atomic mass is 16.2. The van der Waals surface area contributed by atoms with Crippen LogP contribution in [0, 0.1) is 13.8 Å². The fourth-order valence-corrected chi connectivity index (χ4v) is 3.42. The number of aryl methyl sites for hydroxylation is 1. The van der Waals surface area contributed by atoms with Gasteiger partial charge in [0.1, 0.15) is 0 Å². The zero-order chi connectivity index (χ0) is 19.4. The van der Waals surface area contributed by atoms with Crippen molar-refractivity contribution < 1.29 is 9.59 Å². The number of hydrogen-bond donors (Lipinski definition) is 1. The summed E-state index contributed by atoms with van der Waals surface area (Å²) in [6.45, 7) is 9.80. The van der Waals surface area contributed by atoms with Gasteiger partial charge in [0, 0.05) is 43.1 Å². The summed E-state index contributed by atoms with van der Waals surface area (Å²) in [6, 6.07) is 13.4. The predicted octanol–water partition coefficient (Wildman–Crippen LogP) is 3.27. The second kappa shape index (κ2) is 8.35. The van der Waals surface area contributed by atoms with Gasteiger partial charge in [-0.25, -0.2) is 0 Å². The van der Waals surface area contributed by atoms with Crippen molar-refractivity contribution in [1.82, 2.24) is 4.90 Å². The van der Waals surface area contributed by atoms with E-state index in [4.69, 9.17) is 0 Å². The van der Waals surface area contributed by atoms with Crippen LogP contribution >= 0.6 is 0 Å². The van der Waals surface area contributed by atoms with Crippen LogP contribution in [0.15, 0.2) is 42.5 Å². The number of hydrogen-bond acceptors (Lipinski definition) is 4. The lowest BCUT2D eigenvalue weighted by atomic mass is 10.1. The van der Waals surface area contributed by atoms with Crippen LogP contribution in [-0.2, 0) is 4.79 Å². The lowest BCUT2D eigenvalue weighted by Crippen LogP contribution is -2.48. The molecule has 0 aromatic heterocycles. The number of amides is 1. The molecule has 142 valence electrons. The van der Waals surface area contributed by atoms with Gasteiger partial charge in [-0.1, -0.05) is 12.1 Å². The maximum absolute atomic E-state index is 12.3. The van der Waals surface area contributed by atoms with Gasteiger partial charge < -0.3 is 10.2 Å². The highest BCUT2D eigenvalue weighted by Crippen LogP contribution is 2.23. The van der Waals surface area contributed by atoms with E-state index < -0.39 is 0 Å². The van der Waals surface area contributed by atoms with Gasteiger partial charge in [-0.15, -0.1) is 0 Å². The van der Waals surface area contributed by atoms with Crippen molar-refractivity contribution in [2.24, 2.45) is 0 Å². The van der Waals surface area contributed by atoms with Crippen LogP contribution in [-0.4, -0.2) is 49.3 Å². The number of Topliss-reactive ketones (excluding diaryl/α,β-unsaturated/α-hetero) is 1. The molecule has 1 fully saturated rings. The summed E-state index contributed by atoms with van der Waals surface area (Å²) in [6.07, 6.45) is 0. The number of carbonyl (C=O) groups is 2. The van der Waals surface area contributed by atoms with Crippen LogP contribution in [0.25, 0.3) is 0 Å². The summed E-state index contributed by atoms with van der Waals surface area (Å²) in [7, 11) is 0. The smallest absolute Gasteiger partial charge is 0.238 e. The van der Waals surface area contributed by atoms with E-state index >= 15 is 0 Å². The van der Waals surface area contributed by atoms with Crippen molar-refractivity contribution in [3.63, 3.8) is 0 Å². The maximum Gasteiger partial charge on any atom is 0.238 e. The molecule has 5 heteroatoms. The van der Waals surface area contributed by atoms with E-state index in [9.17, 15) is 9.59 Å². The highest BCUT2D eigenvalue weighted by molar-refractivity contribution is 5.96. The summed E-state index contributed by atoms with van der Waals surface area (Å²) in [4.78, 5) is 28.2. The quantitative estimate of drug-likeness (QED) is 0.827. The molecule has 5 nitrogen and oxygen atoms in total. The third-order valence-corrected chi connectivity index (χ3v) is 5.23. The average Bonchev–Trinajstić information content (AvgIpc) is 2.65. The number of rotatable bonds is 5. The summed E-state index contributed by atoms with van der Waals surface area (Å²) in [5.74, 6) is 0.000329. The molecule has 1 aliphatic rings. The maximum atomic E-state index is 12.3. The van der Waals surface area contributed by atoms with E-state index in [1.165, 1.54) is 23.7 Å². The number of piperazine rings is 1. The van der Waals surface area contributed by atoms with Crippen molar-refractivity contribution in [3.05, 3.63) is 59.2 Å². The predicted molar refractivity (Wildman–Crippen MR) is 110 cm³/mol. The fourth-order valence-electron chi connectivity index (χ4n) is 3.42. The summed E-state index contributed by atoms with van der Waals surface area (Å²) >= 11 is 0. The molecule has 0 unspecified atom stereocenters. The zero-order valence-electron chi connectivity index (χ0n) is 16.3. The molecule has 0 spiro atoms. The second-order valence-corrected chi connectivity index (χ2v) is 7.16. The lowest BCUT2D eigenvalue weighted by molar-refractivity contribution is -0.117. The number of benzene rings is 2. The number of nitrogens with zero attached hydrogens (tertiary/aromatic N) is 2. The van der Waals surface area contributed by atoms with Crippen molar-refractivity contribution in [3.8, 4) is 0 Å². The van der Waals surface area contributed by atoms with Crippen molar-refractivity contribution >= 4 is 23.1 Å². The largest absolute Gasteiger partial charge is 0.369 e. The van der Waals surface area contributed by atoms with Gasteiger partial charge in [-0.05, 0) is 62.2 Å². The number of anilines is 2. The molecule has 1 aliphatic heterocycles. The van der Waals surface area contributed by atoms with Gasteiger partial charge in [0.15, 0.2) is 5.78 Å². The number of carbonyl (C=O) groups excluding carboxylic acids is 2. The van der Waals surface area contributed by atoms with Crippen molar-refractivity contribution in [2.45, 2.75) is 20.8 Å². The topological polar surface area (TPSA) is 52.7 Å². The van der Waals surface area contributed by atoms with Gasteiger partial charge in [-0.3, -0.25) is 14.5 Å². The van der Waals surface area contributed by atoms with E-state index in [0.717, 1.165) is 31.9 Å². The van der Waals surface area contributed by atoms with Gasteiger partial charge in [0.2, 0.25) is 5.91 Å². The lowest BCUT2D eigenvalue weighted by Gasteiger charge is -2.36. The Morgan fingerprint density at radius 1 is 0.963 bits per heavy atom. The van der Waals surface area contributed by atoms with Crippen molar-refractivity contribution in [1.29, 1.82) is 0 Å². The first-order valence-electron chi connectivity index (χ1n) is 9.38. The van der Waals surface area contributed by atoms with Crippen LogP contribution in [0.5, 0.6) is 0 Å². The third kappa shape index (κ3) is 4.74.